The first-order valence-corrected chi connectivity index (χ1v) is 13.9. The van der Waals surface area contributed by atoms with Gasteiger partial charge in [0.15, 0.2) is 11.5 Å². The molecule has 6 rings (SSSR count). The van der Waals surface area contributed by atoms with Gasteiger partial charge in [0.05, 0.1) is 6.10 Å². The Balaban J connectivity index is 1.15. The van der Waals surface area contributed by atoms with Crippen molar-refractivity contribution >= 4 is 11.1 Å². The molecule has 4 fully saturated rings. The highest BCUT2D eigenvalue weighted by molar-refractivity contribution is 5.72. The minimum atomic E-state index is -0.0357. The van der Waals surface area contributed by atoms with Crippen molar-refractivity contribution < 1.29 is 9.52 Å². The third-order valence-corrected chi connectivity index (χ3v) is 11.6. The van der Waals surface area contributed by atoms with E-state index in [1.807, 2.05) is 18.2 Å². The Morgan fingerprint density at radius 3 is 2.64 bits per heavy atom. The van der Waals surface area contributed by atoms with Crippen LogP contribution in [-0.4, -0.2) is 16.2 Å². The highest BCUT2D eigenvalue weighted by atomic mass is 16.3. The number of benzene rings is 1. The molecule has 0 spiro atoms. The molecule has 0 aliphatic heterocycles. The molecule has 1 aromatic heterocycles. The fraction of sp³-hybridized carbons (Fsp3) is 0.767. The molecule has 9 atom stereocenters. The maximum atomic E-state index is 10.3. The van der Waals surface area contributed by atoms with Gasteiger partial charge in [0.25, 0.3) is 0 Å². The molecule has 4 aliphatic rings. The van der Waals surface area contributed by atoms with Gasteiger partial charge in [-0.05, 0) is 123 Å². The second kappa shape index (κ2) is 8.11. The summed E-state index contributed by atoms with van der Waals surface area (Å²) in [5.74, 6) is 5.98. The molecule has 2 aromatic rings. The predicted octanol–water partition coefficient (Wildman–Crippen LogP) is 7.42. The summed E-state index contributed by atoms with van der Waals surface area (Å²) in [4.78, 5) is 4.73. The van der Waals surface area contributed by atoms with Crippen molar-refractivity contribution in [2.45, 2.75) is 97.5 Å². The molecule has 3 heteroatoms. The molecular weight excluding hydrogens is 406 g/mol. The highest BCUT2D eigenvalue weighted by Crippen LogP contribution is 2.68. The number of rotatable bonds is 4. The van der Waals surface area contributed by atoms with Gasteiger partial charge in [-0.25, -0.2) is 4.98 Å². The summed E-state index contributed by atoms with van der Waals surface area (Å²) in [7, 11) is 0. The topological polar surface area (TPSA) is 46.3 Å². The molecule has 0 amide bonds. The van der Waals surface area contributed by atoms with E-state index in [1.165, 1.54) is 51.4 Å². The highest BCUT2D eigenvalue weighted by Gasteiger charge is 2.60. The van der Waals surface area contributed by atoms with Crippen molar-refractivity contribution in [3.63, 3.8) is 0 Å². The number of aromatic nitrogens is 1. The quantitative estimate of drug-likeness (QED) is 0.528. The molecule has 4 saturated carbocycles. The number of para-hydroxylation sites is 2. The van der Waals surface area contributed by atoms with Gasteiger partial charge in [-0.2, -0.15) is 0 Å². The molecule has 0 bridgehead atoms. The monoisotopic (exact) mass is 449 g/mol. The van der Waals surface area contributed by atoms with E-state index in [0.717, 1.165) is 71.8 Å². The molecule has 1 N–H and O–H groups in total. The zero-order chi connectivity index (χ0) is 22.8. The fourth-order valence-electron chi connectivity index (χ4n) is 9.79. The van der Waals surface area contributed by atoms with Crippen LogP contribution in [-0.2, 0) is 6.42 Å². The summed E-state index contributed by atoms with van der Waals surface area (Å²) >= 11 is 0. The van der Waals surface area contributed by atoms with Crippen LogP contribution in [0.15, 0.2) is 28.7 Å². The fourth-order valence-corrected chi connectivity index (χ4v) is 9.79. The molecule has 4 aliphatic carbocycles. The Morgan fingerprint density at radius 2 is 1.79 bits per heavy atom. The normalized spacial score (nSPS) is 43.6. The summed E-state index contributed by atoms with van der Waals surface area (Å²) < 4.78 is 6.02. The first kappa shape index (κ1) is 22.1. The van der Waals surface area contributed by atoms with E-state index < -0.39 is 0 Å². The summed E-state index contributed by atoms with van der Waals surface area (Å²) in [5, 5.41) is 10.3. The van der Waals surface area contributed by atoms with Gasteiger partial charge in [-0.3, -0.25) is 0 Å². The van der Waals surface area contributed by atoms with Crippen LogP contribution in [0, 0.1) is 46.3 Å². The maximum absolute atomic E-state index is 10.3. The second-order valence-corrected chi connectivity index (χ2v) is 12.9. The summed E-state index contributed by atoms with van der Waals surface area (Å²) in [5.41, 5.74) is 2.91. The van der Waals surface area contributed by atoms with E-state index in [2.05, 4.69) is 26.8 Å². The molecule has 180 valence electrons. The Bertz CT molecular complexity index is 965. The van der Waals surface area contributed by atoms with Crippen molar-refractivity contribution in [2.75, 3.05) is 0 Å². The van der Waals surface area contributed by atoms with E-state index in [0.29, 0.717) is 10.8 Å². The van der Waals surface area contributed by atoms with Crippen LogP contribution < -0.4 is 0 Å². The Labute approximate surface area is 199 Å². The number of aliphatic hydroxyl groups excluding tert-OH is 1. The summed E-state index contributed by atoms with van der Waals surface area (Å²) in [6.45, 7) is 7.78. The number of aliphatic hydroxyl groups is 1. The van der Waals surface area contributed by atoms with Crippen LogP contribution >= 0.6 is 0 Å². The predicted molar refractivity (Wildman–Crippen MR) is 133 cm³/mol. The molecule has 1 heterocycles. The standard InChI is InChI=1S/C30H43NO2/c1-19(8-13-28-31-26-6-4-5-7-27(26)33-28)23-11-12-24-22-10-9-20-18-21(32)14-16-29(20,2)25(22)15-17-30(23,24)3/h4-7,19-25,32H,8-18H2,1-3H3/t19-,20?,21-,22?,23?,24?,25?,29?,30?/m1/s1. The average Bonchev–Trinajstić information content (AvgIpc) is 3.38. The number of aryl methyl sites for hydroxylation is 1. The van der Waals surface area contributed by atoms with Crippen molar-refractivity contribution in [1.82, 2.24) is 4.98 Å². The summed E-state index contributed by atoms with van der Waals surface area (Å²) in [6.07, 6.45) is 14.0. The van der Waals surface area contributed by atoms with E-state index in [-0.39, 0.29) is 6.10 Å². The zero-order valence-corrected chi connectivity index (χ0v) is 20.9. The number of fused-ring (bicyclic) bond motifs is 6. The van der Waals surface area contributed by atoms with Crippen molar-refractivity contribution in [2.24, 2.45) is 46.3 Å². The lowest BCUT2D eigenvalue weighted by molar-refractivity contribution is -0.129. The Hall–Kier alpha value is -1.35. The minimum Gasteiger partial charge on any atom is -0.441 e. The molecule has 3 nitrogen and oxygen atoms in total. The Kier molecular flexibility index (Phi) is 5.44. The van der Waals surface area contributed by atoms with Crippen molar-refractivity contribution in [1.29, 1.82) is 0 Å². The Morgan fingerprint density at radius 1 is 1.00 bits per heavy atom. The average molecular weight is 450 g/mol. The van der Waals surface area contributed by atoms with Crippen molar-refractivity contribution in [3.05, 3.63) is 30.2 Å². The summed E-state index contributed by atoms with van der Waals surface area (Å²) in [6, 6.07) is 8.14. The minimum absolute atomic E-state index is 0.0357. The molecule has 7 unspecified atom stereocenters. The van der Waals surface area contributed by atoms with E-state index >= 15 is 0 Å². The van der Waals surface area contributed by atoms with Crippen LogP contribution in [0.25, 0.3) is 11.1 Å². The van der Waals surface area contributed by atoms with Gasteiger partial charge >= 0.3 is 0 Å². The van der Waals surface area contributed by atoms with E-state index in [4.69, 9.17) is 9.40 Å². The first-order chi connectivity index (χ1) is 15.9. The van der Waals surface area contributed by atoms with Gasteiger partial charge in [0, 0.05) is 6.42 Å². The van der Waals surface area contributed by atoms with Gasteiger partial charge in [0.1, 0.15) is 5.52 Å². The van der Waals surface area contributed by atoms with E-state index in [9.17, 15) is 5.11 Å². The maximum Gasteiger partial charge on any atom is 0.195 e. The molecule has 0 radical (unpaired) electrons. The van der Waals surface area contributed by atoms with Crippen LogP contribution in [0.2, 0.25) is 0 Å². The van der Waals surface area contributed by atoms with Crippen molar-refractivity contribution in [3.8, 4) is 0 Å². The van der Waals surface area contributed by atoms with Crippen LogP contribution in [0.5, 0.6) is 0 Å². The van der Waals surface area contributed by atoms with Crippen LogP contribution in [0.4, 0.5) is 0 Å². The first-order valence-electron chi connectivity index (χ1n) is 13.9. The zero-order valence-electron chi connectivity index (χ0n) is 20.9. The van der Waals surface area contributed by atoms with E-state index in [1.54, 1.807) is 0 Å². The second-order valence-electron chi connectivity index (χ2n) is 12.9. The third-order valence-electron chi connectivity index (χ3n) is 11.6. The van der Waals surface area contributed by atoms with Gasteiger partial charge in [-0.1, -0.05) is 32.9 Å². The van der Waals surface area contributed by atoms with Crippen LogP contribution in [0.1, 0.15) is 90.9 Å². The SMILES string of the molecule is C[C@H](CCc1nc2ccccc2o1)C1CCC2C3CCC4C[C@H](O)CCC4(C)C3CCC21C. The molecule has 33 heavy (non-hydrogen) atoms. The van der Waals surface area contributed by atoms with Crippen LogP contribution in [0.3, 0.4) is 0 Å². The number of nitrogens with zero attached hydrogens (tertiary/aromatic N) is 1. The largest absolute Gasteiger partial charge is 0.441 e. The molecule has 1 aromatic carbocycles. The van der Waals surface area contributed by atoms with Gasteiger partial charge < -0.3 is 9.52 Å². The van der Waals surface area contributed by atoms with Gasteiger partial charge in [-0.15, -0.1) is 0 Å². The molecular formula is C30H43NO2. The lowest BCUT2D eigenvalue weighted by atomic mass is 9.44. The lowest BCUT2D eigenvalue weighted by Gasteiger charge is -2.61. The molecule has 0 saturated heterocycles. The third kappa shape index (κ3) is 3.51. The van der Waals surface area contributed by atoms with Gasteiger partial charge in [0.2, 0.25) is 0 Å². The number of oxazole rings is 1. The lowest BCUT2D eigenvalue weighted by Crippen LogP contribution is -2.54. The smallest absolute Gasteiger partial charge is 0.195 e. The number of hydrogen-bond donors (Lipinski definition) is 1. The number of hydrogen-bond acceptors (Lipinski definition) is 3.